The first kappa shape index (κ1) is 75.2. The average molecular weight is 1440 g/mol. The molecule has 0 saturated carbocycles. The molecule has 0 aliphatic carbocycles. The summed E-state index contributed by atoms with van der Waals surface area (Å²) < 4.78 is 125. The van der Waals surface area contributed by atoms with E-state index >= 15 is 0 Å². The van der Waals surface area contributed by atoms with Crippen LogP contribution < -0.4 is 54.1 Å². The summed E-state index contributed by atoms with van der Waals surface area (Å²) >= 11 is 12.2. The molecule has 0 unspecified atom stereocenters. The SMILES string of the molecule is NC(=O)c1c(F)cccc1Nc1nc(Cl)ncc1Br.NCCOCCOCCOCCOCCNS(=O)(=O)c1ccc(N)cc1.NCCOCCOCCOCCOCCNS(=O)(=O)c1ccc(Nc2ncc(Br)c(Nc3cccc(F)c3C(N)=O)n2)cc1. The van der Waals surface area contributed by atoms with E-state index in [9.17, 15) is 35.2 Å². The van der Waals surface area contributed by atoms with Gasteiger partial charge in [-0.2, -0.15) is 9.97 Å². The monoisotopic (exact) mass is 1430 g/mol. The van der Waals surface area contributed by atoms with Crippen LogP contribution in [0.15, 0.2) is 116 Å². The van der Waals surface area contributed by atoms with Gasteiger partial charge in [-0.15, -0.1) is 0 Å². The third kappa shape index (κ3) is 29.0. The fraction of sp³-hybridized carbons (Fsp3) is 0.370. The van der Waals surface area contributed by atoms with Crippen LogP contribution in [0.1, 0.15) is 20.7 Å². The zero-order valence-corrected chi connectivity index (χ0v) is 53.5. The first-order chi connectivity index (χ1) is 42.8. The molecule has 2 heterocycles. The topological polar surface area (TPSA) is 418 Å². The van der Waals surface area contributed by atoms with Crippen molar-refractivity contribution < 1.29 is 73.1 Å². The molecular formula is C54H71Br2ClF2N14O14S2. The van der Waals surface area contributed by atoms with E-state index in [1.54, 1.807) is 24.3 Å². The summed E-state index contributed by atoms with van der Waals surface area (Å²) in [5, 5.41) is 8.64. The van der Waals surface area contributed by atoms with Gasteiger partial charge >= 0.3 is 0 Å². The summed E-state index contributed by atoms with van der Waals surface area (Å²) in [4.78, 5) is 39.4. The van der Waals surface area contributed by atoms with E-state index in [0.717, 1.165) is 12.1 Å². The van der Waals surface area contributed by atoms with Gasteiger partial charge in [0.2, 0.25) is 31.3 Å². The van der Waals surface area contributed by atoms with Gasteiger partial charge in [0.1, 0.15) is 23.3 Å². The number of nitrogens with one attached hydrogen (secondary N) is 5. The summed E-state index contributed by atoms with van der Waals surface area (Å²) in [5.41, 5.74) is 27.4. The Kier molecular flexibility index (Phi) is 35.4. The predicted molar refractivity (Wildman–Crippen MR) is 336 cm³/mol. The fourth-order valence-electron chi connectivity index (χ4n) is 6.81. The van der Waals surface area contributed by atoms with Crippen LogP contribution in [0.3, 0.4) is 0 Å². The second-order valence-electron chi connectivity index (χ2n) is 17.5. The predicted octanol–water partition coefficient (Wildman–Crippen LogP) is 4.71. The number of amides is 2. The Balaban J connectivity index is 0.000000317. The zero-order chi connectivity index (χ0) is 64.9. The smallest absolute Gasteiger partial charge is 0.253 e. The molecule has 2 aromatic heterocycles. The van der Waals surface area contributed by atoms with Crippen LogP contribution in [-0.4, -0.2) is 180 Å². The molecule has 0 radical (unpaired) electrons. The van der Waals surface area contributed by atoms with Crippen LogP contribution in [0.2, 0.25) is 5.28 Å². The minimum absolute atomic E-state index is 0.0164. The van der Waals surface area contributed by atoms with Crippen LogP contribution in [0.25, 0.3) is 0 Å². The first-order valence-corrected chi connectivity index (χ1v) is 31.8. The molecule has 0 spiro atoms. The summed E-state index contributed by atoms with van der Waals surface area (Å²) in [6.07, 6.45) is 2.89. The maximum Gasteiger partial charge on any atom is 0.253 e. The number of primary amides is 2. The maximum atomic E-state index is 14.1. The highest BCUT2D eigenvalue weighted by molar-refractivity contribution is 9.11. The van der Waals surface area contributed by atoms with Crippen molar-refractivity contribution in [3.8, 4) is 0 Å². The molecule has 6 aromatic rings. The Bertz CT molecular complexity index is 3330. The highest BCUT2D eigenvalue weighted by atomic mass is 79.9. The van der Waals surface area contributed by atoms with Crippen molar-refractivity contribution in [2.24, 2.45) is 22.9 Å². The number of sulfonamides is 2. The third-order valence-corrected chi connectivity index (χ3v) is 15.2. The molecule has 0 fully saturated rings. The van der Waals surface area contributed by atoms with E-state index < -0.39 is 43.5 Å². The number of aromatic nitrogens is 4. The van der Waals surface area contributed by atoms with E-state index in [1.165, 1.54) is 60.9 Å². The van der Waals surface area contributed by atoms with Crippen molar-refractivity contribution in [1.82, 2.24) is 29.4 Å². The maximum absolute atomic E-state index is 14.1. The number of hydrogen-bond acceptors (Lipinski definition) is 24. The van der Waals surface area contributed by atoms with E-state index in [-0.39, 0.29) is 75.6 Å². The second kappa shape index (κ2) is 41.9. The minimum atomic E-state index is -3.77. The van der Waals surface area contributed by atoms with Crippen molar-refractivity contribution in [2.45, 2.75) is 9.79 Å². The summed E-state index contributed by atoms with van der Waals surface area (Å²) in [5.74, 6) is -2.61. The minimum Gasteiger partial charge on any atom is -0.399 e. The van der Waals surface area contributed by atoms with Crippen LogP contribution in [0, 0.1) is 11.6 Å². The number of benzene rings is 4. The molecule has 2 amide bonds. The molecular weight excluding hydrogens is 1370 g/mol. The van der Waals surface area contributed by atoms with E-state index in [0.29, 0.717) is 132 Å². The molecule has 35 heteroatoms. The normalized spacial score (nSPS) is 11.3. The largest absolute Gasteiger partial charge is 0.399 e. The number of carbonyl (C=O) groups excluding carboxylic acids is 2. The van der Waals surface area contributed by atoms with Gasteiger partial charge in [-0.25, -0.2) is 45.0 Å². The summed E-state index contributed by atoms with van der Waals surface area (Å²) in [6.45, 7) is 7.95. The Morgan fingerprint density at radius 2 is 0.854 bits per heavy atom. The van der Waals surface area contributed by atoms with Crippen LogP contribution in [0.5, 0.6) is 0 Å². The molecule has 15 N–H and O–H groups in total. The molecule has 488 valence electrons. The molecule has 0 aliphatic rings. The van der Waals surface area contributed by atoms with Gasteiger partial charge in [-0.3, -0.25) is 9.59 Å². The number of halogens is 5. The number of nitrogen functional groups attached to an aromatic ring is 1. The van der Waals surface area contributed by atoms with E-state index in [2.05, 4.69) is 77.2 Å². The van der Waals surface area contributed by atoms with Crippen molar-refractivity contribution in [2.75, 3.05) is 154 Å². The molecule has 0 atom stereocenters. The lowest BCUT2D eigenvalue weighted by Gasteiger charge is -2.13. The third-order valence-electron chi connectivity index (χ3n) is 10.9. The lowest BCUT2D eigenvalue weighted by Crippen LogP contribution is -2.27. The molecule has 0 bridgehead atoms. The number of hydrogen-bond donors (Lipinski definition) is 10. The number of carbonyl (C=O) groups is 2. The van der Waals surface area contributed by atoms with E-state index in [4.69, 9.17) is 78.2 Å². The lowest BCUT2D eigenvalue weighted by molar-refractivity contribution is -0.000345. The molecule has 28 nitrogen and oxygen atoms in total. The Morgan fingerprint density at radius 3 is 1.25 bits per heavy atom. The van der Waals surface area contributed by atoms with Crippen LogP contribution in [-0.2, 0) is 57.9 Å². The molecule has 6 rings (SSSR count). The standard InChI is InChI=1S/C27H35BrFN7O7S.C16H29N3O6S.C11H7BrClFN4O/c28-21-18-32-27(36-26(21)35-23-3-1-2-22(29)24(23)25(31)37)34-19-4-6-20(7-5-19)44(38,39)33-9-11-41-13-15-43-17-16-42-14-12-40-10-8-30;17-5-7-22-9-11-24-13-14-25-12-10-23-8-6-19-26(20,21)16-3-1-15(18)2-4-16;12-5-4-16-11(13)18-10(5)17-7-3-1-2-6(14)8(7)9(15)19/h1-7,18,33H,8-17,30H2,(H2,31,37)(H2,32,34,35,36);1-4,19H,5-14,17-18H2;1-4H,(H2,15,19)(H,16,17,18). The number of nitrogens with two attached hydrogens (primary N) is 5. The zero-order valence-electron chi connectivity index (χ0n) is 48.0. The number of anilines is 7. The summed E-state index contributed by atoms with van der Waals surface area (Å²) in [7, 11) is -7.31. The summed E-state index contributed by atoms with van der Waals surface area (Å²) in [6, 6.07) is 20.1. The lowest BCUT2D eigenvalue weighted by atomic mass is 10.1. The molecule has 0 saturated heterocycles. The van der Waals surface area contributed by atoms with Gasteiger partial charge in [0.15, 0.2) is 0 Å². The van der Waals surface area contributed by atoms with Gasteiger partial charge in [0, 0.05) is 49.9 Å². The van der Waals surface area contributed by atoms with Crippen molar-refractivity contribution >= 4 is 116 Å². The van der Waals surface area contributed by atoms with Gasteiger partial charge < -0.3 is 82.5 Å². The first-order valence-electron chi connectivity index (χ1n) is 26.9. The van der Waals surface area contributed by atoms with E-state index in [1.807, 2.05) is 0 Å². The highest BCUT2D eigenvalue weighted by Crippen LogP contribution is 2.30. The number of ether oxygens (including phenoxy) is 8. The fourth-order valence-corrected chi connectivity index (χ4v) is 9.55. The van der Waals surface area contributed by atoms with Gasteiger partial charge in [-0.05, 0) is 116 Å². The van der Waals surface area contributed by atoms with Gasteiger partial charge in [-0.1, -0.05) is 12.1 Å². The Morgan fingerprint density at radius 1 is 0.494 bits per heavy atom. The van der Waals surface area contributed by atoms with Crippen LogP contribution in [0.4, 0.5) is 49.1 Å². The molecule has 4 aromatic carbocycles. The highest BCUT2D eigenvalue weighted by Gasteiger charge is 2.19. The Hall–Kier alpha value is -6.29. The van der Waals surface area contributed by atoms with Crippen molar-refractivity contribution in [3.63, 3.8) is 0 Å². The molecule has 0 aliphatic heterocycles. The number of rotatable bonds is 40. The second-order valence-corrected chi connectivity index (χ2v) is 23.1. The quantitative estimate of drug-likeness (QED) is 0.0141. The van der Waals surface area contributed by atoms with Gasteiger partial charge in [0.05, 0.1) is 147 Å². The molecule has 89 heavy (non-hydrogen) atoms. The number of nitrogens with zero attached hydrogens (tertiary/aromatic N) is 4. The Labute approximate surface area is 535 Å². The van der Waals surface area contributed by atoms with Crippen molar-refractivity contribution in [3.05, 3.63) is 134 Å². The van der Waals surface area contributed by atoms with Gasteiger partial charge in [0.25, 0.3) is 11.8 Å². The van der Waals surface area contributed by atoms with Crippen molar-refractivity contribution in [1.29, 1.82) is 0 Å². The van der Waals surface area contributed by atoms with Crippen LogP contribution >= 0.6 is 43.5 Å². The average Bonchev–Trinajstić information content (AvgIpc) is 3.61.